The lowest BCUT2D eigenvalue weighted by Gasteiger charge is -2.26. The number of likely N-dealkylation sites (tertiary alicyclic amines) is 1. The number of benzene rings is 1. The minimum atomic E-state index is -0.263. The van der Waals surface area contributed by atoms with Crippen LogP contribution in [0.2, 0.25) is 0 Å². The van der Waals surface area contributed by atoms with Crippen LogP contribution >= 0.6 is 11.3 Å². The Morgan fingerprint density at radius 3 is 2.64 bits per heavy atom. The molecule has 0 radical (unpaired) electrons. The summed E-state index contributed by atoms with van der Waals surface area (Å²) in [5.41, 5.74) is 1.69. The molecule has 148 valence electrons. The fourth-order valence-corrected chi connectivity index (χ4v) is 4.68. The van der Waals surface area contributed by atoms with Crippen LogP contribution in [0.4, 0.5) is 4.39 Å². The number of carbonyl (C=O) groups excluding carboxylic acids is 2. The standard InChI is InChI=1S/C21H24FN3O2S/c22-18-4-2-16(3-5-18)14-25-10-6-19(21(25)27)23-8-1-9-24(12-11-23)20(26)17-7-13-28-15-17/h2-5,7,13,15,19H,1,6,8-12,14H2/t19-/m1/s1. The molecule has 0 saturated carbocycles. The van der Waals surface area contributed by atoms with Crippen molar-refractivity contribution in [3.8, 4) is 0 Å². The summed E-state index contributed by atoms with van der Waals surface area (Å²) in [5, 5.41) is 3.81. The van der Waals surface area contributed by atoms with Crippen LogP contribution in [0, 0.1) is 5.82 Å². The van der Waals surface area contributed by atoms with Gasteiger partial charge in [-0.15, -0.1) is 0 Å². The maximum Gasteiger partial charge on any atom is 0.254 e. The van der Waals surface area contributed by atoms with Gasteiger partial charge < -0.3 is 9.80 Å². The number of rotatable bonds is 4. The molecule has 2 aromatic rings. The first kappa shape index (κ1) is 19.1. The van der Waals surface area contributed by atoms with Crippen molar-refractivity contribution in [2.75, 3.05) is 32.7 Å². The highest BCUT2D eigenvalue weighted by Crippen LogP contribution is 2.22. The summed E-state index contributed by atoms with van der Waals surface area (Å²) in [6.07, 6.45) is 1.68. The van der Waals surface area contributed by atoms with E-state index in [9.17, 15) is 14.0 Å². The van der Waals surface area contributed by atoms with Crippen molar-refractivity contribution in [1.29, 1.82) is 0 Å². The lowest BCUT2D eigenvalue weighted by atomic mass is 10.2. The molecule has 5 nitrogen and oxygen atoms in total. The molecule has 2 fully saturated rings. The maximum absolute atomic E-state index is 13.1. The van der Waals surface area contributed by atoms with Gasteiger partial charge in [-0.3, -0.25) is 14.5 Å². The Morgan fingerprint density at radius 2 is 1.89 bits per heavy atom. The third-order valence-electron chi connectivity index (χ3n) is 5.58. The highest BCUT2D eigenvalue weighted by atomic mass is 32.1. The zero-order valence-electron chi connectivity index (χ0n) is 15.7. The first-order valence-electron chi connectivity index (χ1n) is 9.70. The van der Waals surface area contributed by atoms with Crippen molar-refractivity contribution in [1.82, 2.24) is 14.7 Å². The van der Waals surface area contributed by atoms with Gasteiger partial charge >= 0.3 is 0 Å². The number of carbonyl (C=O) groups is 2. The summed E-state index contributed by atoms with van der Waals surface area (Å²) in [4.78, 5) is 31.5. The molecule has 3 heterocycles. The molecule has 0 aliphatic carbocycles. The lowest BCUT2D eigenvalue weighted by molar-refractivity contribution is -0.132. The first-order valence-corrected chi connectivity index (χ1v) is 10.6. The van der Waals surface area contributed by atoms with Crippen molar-refractivity contribution in [2.45, 2.75) is 25.4 Å². The predicted octanol–water partition coefficient (Wildman–Crippen LogP) is 2.84. The smallest absolute Gasteiger partial charge is 0.254 e. The van der Waals surface area contributed by atoms with Gasteiger partial charge in [0.15, 0.2) is 0 Å². The molecule has 4 rings (SSSR count). The SMILES string of the molecule is O=C(c1ccsc1)N1CCCN([C@@H]2CCN(Cc3ccc(F)cc3)C2=O)CC1. The minimum absolute atomic E-state index is 0.0822. The molecule has 2 amide bonds. The molecule has 7 heteroatoms. The van der Waals surface area contributed by atoms with Gasteiger partial charge in [-0.05, 0) is 42.0 Å². The molecular formula is C21H24FN3O2S. The van der Waals surface area contributed by atoms with Gasteiger partial charge in [0.2, 0.25) is 5.91 Å². The van der Waals surface area contributed by atoms with E-state index in [1.807, 2.05) is 26.6 Å². The van der Waals surface area contributed by atoms with Gasteiger partial charge in [0, 0.05) is 44.6 Å². The van der Waals surface area contributed by atoms with Gasteiger partial charge in [-0.2, -0.15) is 11.3 Å². The fourth-order valence-electron chi connectivity index (χ4n) is 4.05. The number of nitrogens with zero attached hydrogens (tertiary/aromatic N) is 3. The largest absolute Gasteiger partial charge is 0.337 e. The number of halogens is 1. The van der Waals surface area contributed by atoms with Crippen LogP contribution < -0.4 is 0 Å². The van der Waals surface area contributed by atoms with E-state index in [-0.39, 0.29) is 23.7 Å². The van der Waals surface area contributed by atoms with Crippen LogP contribution in [0.25, 0.3) is 0 Å². The predicted molar refractivity (Wildman–Crippen MR) is 107 cm³/mol. The zero-order valence-corrected chi connectivity index (χ0v) is 16.5. The highest BCUT2D eigenvalue weighted by Gasteiger charge is 2.36. The quantitative estimate of drug-likeness (QED) is 0.791. The second-order valence-corrected chi connectivity index (χ2v) is 8.16. The second-order valence-electron chi connectivity index (χ2n) is 7.38. The Balaban J connectivity index is 1.35. The van der Waals surface area contributed by atoms with Gasteiger partial charge in [0.25, 0.3) is 5.91 Å². The van der Waals surface area contributed by atoms with Crippen LogP contribution in [0.15, 0.2) is 41.1 Å². The van der Waals surface area contributed by atoms with E-state index in [0.717, 1.165) is 50.1 Å². The van der Waals surface area contributed by atoms with Crippen molar-refractivity contribution in [3.63, 3.8) is 0 Å². The Hall–Kier alpha value is -2.25. The van der Waals surface area contributed by atoms with E-state index in [4.69, 9.17) is 0 Å². The molecule has 2 saturated heterocycles. The molecule has 0 spiro atoms. The van der Waals surface area contributed by atoms with E-state index < -0.39 is 0 Å². The summed E-state index contributed by atoms with van der Waals surface area (Å²) < 4.78 is 13.1. The van der Waals surface area contributed by atoms with E-state index in [0.29, 0.717) is 13.1 Å². The number of thiophene rings is 1. The summed E-state index contributed by atoms with van der Waals surface area (Å²) in [6.45, 7) is 4.16. The Labute approximate surface area is 168 Å². The van der Waals surface area contributed by atoms with Gasteiger partial charge in [-0.1, -0.05) is 12.1 Å². The molecule has 0 N–H and O–H groups in total. The average molecular weight is 402 g/mol. The summed E-state index contributed by atoms with van der Waals surface area (Å²) in [5.74, 6) is -0.0405. The Bertz CT molecular complexity index is 825. The van der Waals surface area contributed by atoms with Crippen molar-refractivity contribution in [2.24, 2.45) is 0 Å². The van der Waals surface area contributed by atoms with Crippen LogP contribution in [-0.2, 0) is 11.3 Å². The monoisotopic (exact) mass is 401 g/mol. The second kappa shape index (κ2) is 8.41. The number of hydrogen-bond acceptors (Lipinski definition) is 4. The minimum Gasteiger partial charge on any atom is -0.337 e. The van der Waals surface area contributed by atoms with Crippen LogP contribution in [0.5, 0.6) is 0 Å². The summed E-state index contributed by atoms with van der Waals surface area (Å²) in [7, 11) is 0. The first-order chi connectivity index (χ1) is 13.6. The number of hydrogen-bond donors (Lipinski definition) is 0. The van der Waals surface area contributed by atoms with Gasteiger partial charge in [0.05, 0.1) is 11.6 Å². The normalized spacial score (nSPS) is 21.2. The van der Waals surface area contributed by atoms with E-state index >= 15 is 0 Å². The molecule has 0 unspecified atom stereocenters. The zero-order chi connectivity index (χ0) is 19.5. The molecule has 2 aliphatic heterocycles. The third kappa shape index (κ3) is 4.10. The molecular weight excluding hydrogens is 377 g/mol. The molecule has 0 bridgehead atoms. The summed E-state index contributed by atoms with van der Waals surface area (Å²) >= 11 is 1.53. The Kier molecular flexibility index (Phi) is 5.73. The van der Waals surface area contributed by atoms with Crippen LogP contribution in [0.1, 0.15) is 28.8 Å². The van der Waals surface area contributed by atoms with Gasteiger partial charge in [-0.25, -0.2) is 4.39 Å². The van der Waals surface area contributed by atoms with E-state index in [2.05, 4.69) is 4.90 Å². The maximum atomic E-state index is 13.1. The van der Waals surface area contributed by atoms with E-state index in [1.54, 1.807) is 12.1 Å². The molecule has 28 heavy (non-hydrogen) atoms. The molecule has 1 atom stereocenters. The fraction of sp³-hybridized carbons (Fsp3) is 0.429. The van der Waals surface area contributed by atoms with Crippen molar-refractivity contribution >= 4 is 23.2 Å². The Morgan fingerprint density at radius 1 is 1.07 bits per heavy atom. The summed E-state index contributed by atoms with van der Waals surface area (Å²) in [6, 6.07) is 8.08. The van der Waals surface area contributed by atoms with E-state index in [1.165, 1.54) is 23.5 Å². The average Bonchev–Trinajstić information content (AvgIpc) is 3.28. The molecule has 1 aromatic heterocycles. The highest BCUT2D eigenvalue weighted by molar-refractivity contribution is 7.08. The lowest BCUT2D eigenvalue weighted by Crippen LogP contribution is -2.44. The molecule has 2 aliphatic rings. The topological polar surface area (TPSA) is 43.9 Å². The third-order valence-corrected chi connectivity index (χ3v) is 6.27. The van der Waals surface area contributed by atoms with Crippen LogP contribution in [0.3, 0.4) is 0 Å². The van der Waals surface area contributed by atoms with Crippen molar-refractivity contribution in [3.05, 3.63) is 58.0 Å². The number of amides is 2. The molecule has 1 aromatic carbocycles. The van der Waals surface area contributed by atoms with Crippen molar-refractivity contribution < 1.29 is 14.0 Å². The van der Waals surface area contributed by atoms with Crippen LogP contribution in [-0.4, -0.2) is 65.3 Å². The van der Waals surface area contributed by atoms with Gasteiger partial charge in [0.1, 0.15) is 5.82 Å².